The lowest BCUT2D eigenvalue weighted by Gasteiger charge is -2.05. The van der Waals surface area contributed by atoms with Gasteiger partial charge in [0.25, 0.3) is 0 Å². The third kappa shape index (κ3) is 4.53. The Hall–Kier alpha value is -0.860. The first-order valence-electron chi connectivity index (χ1n) is 3.85. The van der Waals surface area contributed by atoms with Gasteiger partial charge in [-0.2, -0.15) is 0 Å². The zero-order valence-corrected chi connectivity index (χ0v) is 7.00. The van der Waals surface area contributed by atoms with Crippen LogP contribution in [-0.4, -0.2) is 18.9 Å². The summed E-state index contributed by atoms with van der Waals surface area (Å²) in [4.78, 5) is 21.1. The average molecular weight is 158 g/mol. The van der Waals surface area contributed by atoms with Gasteiger partial charge in [0.1, 0.15) is 6.29 Å². The molecule has 0 heterocycles. The second kappa shape index (κ2) is 5.89. The van der Waals surface area contributed by atoms with Gasteiger partial charge in [-0.25, -0.2) is 0 Å². The molecule has 3 heteroatoms. The molecule has 0 saturated heterocycles. The first kappa shape index (κ1) is 10.1. The van der Waals surface area contributed by atoms with Crippen molar-refractivity contribution in [3.8, 4) is 0 Å². The molecule has 0 fully saturated rings. The van der Waals surface area contributed by atoms with E-state index in [1.54, 1.807) is 6.92 Å². The van der Waals surface area contributed by atoms with Crippen LogP contribution in [0.25, 0.3) is 0 Å². The van der Waals surface area contributed by atoms with Crippen molar-refractivity contribution in [3.05, 3.63) is 0 Å². The molecular weight excluding hydrogens is 144 g/mol. The Kier molecular flexibility index (Phi) is 5.43. The number of carbonyl (C=O) groups is 2. The quantitative estimate of drug-likeness (QED) is 0.445. The first-order valence-corrected chi connectivity index (χ1v) is 3.85. The minimum absolute atomic E-state index is 0.172. The van der Waals surface area contributed by atoms with E-state index >= 15 is 0 Å². The first-order chi connectivity index (χ1) is 5.24. The molecule has 0 bridgehead atoms. The highest BCUT2D eigenvalue weighted by atomic mass is 16.5. The smallest absolute Gasteiger partial charge is 0.306 e. The molecule has 11 heavy (non-hydrogen) atoms. The summed E-state index contributed by atoms with van der Waals surface area (Å²) in [5.41, 5.74) is 0. The molecule has 0 radical (unpaired) electrons. The maximum Gasteiger partial charge on any atom is 0.306 e. The Bertz CT molecular complexity index is 131. The molecule has 64 valence electrons. The second-order valence-corrected chi connectivity index (χ2v) is 2.31. The van der Waals surface area contributed by atoms with Gasteiger partial charge in [-0.3, -0.25) is 4.79 Å². The molecule has 1 atom stereocenters. The molecule has 0 rings (SSSR count). The maximum atomic E-state index is 10.8. The fourth-order valence-corrected chi connectivity index (χ4v) is 0.723. The van der Waals surface area contributed by atoms with Crippen LogP contribution in [0.1, 0.15) is 26.7 Å². The molecule has 0 aliphatic heterocycles. The molecule has 0 amide bonds. The van der Waals surface area contributed by atoms with Crippen molar-refractivity contribution in [3.63, 3.8) is 0 Å². The summed E-state index contributed by atoms with van der Waals surface area (Å²) in [6, 6.07) is 0. The molecule has 0 aliphatic rings. The van der Waals surface area contributed by atoms with Gasteiger partial charge in [0.15, 0.2) is 0 Å². The van der Waals surface area contributed by atoms with Crippen LogP contribution in [-0.2, 0) is 14.3 Å². The SMILES string of the molecule is CCOC(=O)CC(C=O)CC. The van der Waals surface area contributed by atoms with E-state index in [1.165, 1.54) is 0 Å². The highest BCUT2D eigenvalue weighted by Crippen LogP contribution is 2.05. The lowest BCUT2D eigenvalue weighted by atomic mass is 10.1. The minimum Gasteiger partial charge on any atom is -0.466 e. The zero-order chi connectivity index (χ0) is 8.69. The number of rotatable bonds is 5. The molecule has 0 spiro atoms. The van der Waals surface area contributed by atoms with Gasteiger partial charge in [0.05, 0.1) is 13.0 Å². The predicted molar refractivity (Wildman–Crippen MR) is 41.1 cm³/mol. The Balaban J connectivity index is 3.62. The van der Waals surface area contributed by atoms with Crippen LogP contribution < -0.4 is 0 Å². The van der Waals surface area contributed by atoms with Gasteiger partial charge in [-0.05, 0) is 13.3 Å². The fraction of sp³-hybridized carbons (Fsp3) is 0.750. The number of esters is 1. The molecule has 0 aliphatic carbocycles. The highest BCUT2D eigenvalue weighted by Gasteiger charge is 2.10. The van der Waals surface area contributed by atoms with E-state index in [4.69, 9.17) is 0 Å². The van der Waals surface area contributed by atoms with Crippen molar-refractivity contribution in [2.24, 2.45) is 5.92 Å². The Labute approximate surface area is 66.7 Å². The maximum absolute atomic E-state index is 10.8. The summed E-state index contributed by atoms with van der Waals surface area (Å²) in [7, 11) is 0. The van der Waals surface area contributed by atoms with Crippen molar-refractivity contribution in [1.29, 1.82) is 0 Å². The summed E-state index contributed by atoms with van der Waals surface area (Å²) < 4.78 is 4.68. The molecule has 0 saturated carbocycles. The fourth-order valence-electron chi connectivity index (χ4n) is 0.723. The predicted octanol–water partition coefficient (Wildman–Crippen LogP) is 1.16. The van der Waals surface area contributed by atoms with Crippen molar-refractivity contribution in [1.82, 2.24) is 0 Å². The van der Waals surface area contributed by atoms with Crippen LogP contribution in [0.2, 0.25) is 0 Å². The number of hydrogen-bond donors (Lipinski definition) is 0. The van der Waals surface area contributed by atoms with Crippen LogP contribution in [0.3, 0.4) is 0 Å². The van der Waals surface area contributed by atoms with E-state index in [9.17, 15) is 9.59 Å². The molecule has 3 nitrogen and oxygen atoms in total. The van der Waals surface area contributed by atoms with Crippen molar-refractivity contribution in [2.45, 2.75) is 26.7 Å². The van der Waals surface area contributed by atoms with E-state index in [1.807, 2.05) is 6.92 Å². The van der Waals surface area contributed by atoms with Gasteiger partial charge < -0.3 is 9.53 Å². The third-order valence-electron chi connectivity index (χ3n) is 1.45. The number of ether oxygens (including phenoxy) is 1. The molecular formula is C8H14O3. The van der Waals surface area contributed by atoms with Gasteiger partial charge >= 0.3 is 5.97 Å². The average Bonchev–Trinajstić information content (AvgIpc) is 2.01. The lowest BCUT2D eigenvalue weighted by molar-refractivity contribution is -0.145. The summed E-state index contributed by atoms with van der Waals surface area (Å²) >= 11 is 0. The molecule has 1 unspecified atom stereocenters. The number of aldehydes is 1. The van der Waals surface area contributed by atoms with Crippen LogP contribution in [0, 0.1) is 5.92 Å². The summed E-state index contributed by atoms with van der Waals surface area (Å²) in [5, 5.41) is 0. The monoisotopic (exact) mass is 158 g/mol. The molecule has 0 aromatic carbocycles. The van der Waals surface area contributed by atoms with Gasteiger partial charge in [0.2, 0.25) is 0 Å². The minimum atomic E-state index is -0.286. The summed E-state index contributed by atoms with van der Waals surface area (Å²) in [6.07, 6.45) is 1.72. The van der Waals surface area contributed by atoms with Crippen molar-refractivity contribution >= 4 is 12.3 Å². The zero-order valence-electron chi connectivity index (χ0n) is 7.00. The van der Waals surface area contributed by atoms with Crippen LogP contribution in [0.4, 0.5) is 0 Å². The third-order valence-corrected chi connectivity index (χ3v) is 1.45. The Morgan fingerprint density at radius 2 is 2.18 bits per heavy atom. The molecule has 0 aromatic rings. The standard InChI is InChI=1S/C8H14O3/c1-3-7(6-9)5-8(10)11-4-2/h6-7H,3-5H2,1-2H3. The van der Waals surface area contributed by atoms with E-state index in [-0.39, 0.29) is 18.3 Å². The van der Waals surface area contributed by atoms with E-state index in [2.05, 4.69) is 4.74 Å². The van der Waals surface area contributed by atoms with E-state index in [0.29, 0.717) is 13.0 Å². The summed E-state index contributed by atoms with van der Waals surface area (Å²) in [6.45, 7) is 4.01. The van der Waals surface area contributed by atoms with Crippen LogP contribution in [0.15, 0.2) is 0 Å². The van der Waals surface area contributed by atoms with Gasteiger partial charge in [0, 0.05) is 5.92 Å². The largest absolute Gasteiger partial charge is 0.466 e. The Morgan fingerprint density at radius 3 is 2.55 bits per heavy atom. The van der Waals surface area contributed by atoms with Gasteiger partial charge in [-0.15, -0.1) is 0 Å². The van der Waals surface area contributed by atoms with E-state index in [0.717, 1.165) is 6.29 Å². The van der Waals surface area contributed by atoms with Crippen molar-refractivity contribution < 1.29 is 14.3 Å². The summed E-state index contributed by atoms with van der Waals surface area (Å²) in [5.74, 6) is -0.458. The van der Waals surface area contributed by atoms with Gasteiger partial charge in [-0.1, -0.05) is 6.92 Å². The second-order valence-electron chi connectivity index (χ2n) is 2.31. The topological polar surface area (TPSA) is 43.4 Å². The van der Waals surface area contributed by atoms with Crippen LogP contribution >= 0.6 is 0 Å². The van der Waals surface area contributed by atoms with Crippen LogP contribution in [0.5, 0.6) is 0 Å². The number of hydrogen-bond acceptors (Lipinski definition) is 3. The normalized spacial score (nSPS) is 12.2. The Morgan fingerprint density at radius 1 is 1.55 bits per heavy atom. The lowest BCUT2D eigenvalue weighted by Crippen LogP contribution is -2.11. The number of carbonyl (C=O) groups excluding carboxylic acids is 2. The van der Waals surface area contributed by atoms with Crippen molar-refractivity contribution in [2.75, 3.05) is 6.61 Å². The van der Waals surface area contributed by atoms with E-state index < -0.39 is 0 Å². The molecule has 0 N–H and O–H groups in total. The highest BCUT2D eigenvalue weighted by molar-refractivity contribution is 5.73. The molecule has 0 aromatic heterocycles.